The van der Waals surface area contributed by atoms with Crippen LogP contribution in [0.15, 0.2) is 12.1 Å². The lowest BCUT2D eigenvalue weighted by molar-refractivity contribution is -0.138. The molecular formula is C13H20N2O3S. The minimum atomic E-state index is -0.998. The van der Waals surface area contributed by atoms with Gasteiger partial charge in [-0.25, -0.2) is 4.79 Å². The molecule has 0 aliphatic rings. The average Bonchev–Trinajstić information content (AvgIpc) is 2.77. The zero-order valence-corrected chi connectivity index (χ0v) is 12.3. The van der Waals surface area contributed by atoms with Crippen molar-refractivity contribution in [2.24, 2.45) is 0 Å². The van der Waals surface area contributed by atoms with Crippen molar-refractivity contribution < 1.29 is 14.7 Å². The van der Waals surface area contributed by atoms with Crippen molar-refractivity contribution in [1.29, 1.82) is 0 Å². The van der Waals surface area contributed by atoms with E-state index >= 15 is 0 Å². The van der Waals surface area contributed by atoms with Gasteiger partial charge in [-0.05, 0) is 32.4 Å². The Balaban J connectivity index is 2.58. The third kappa shape index (κ3) is 4.90. The van der Waals surface area contributed by atoms with Crippen LogP contribution in [0.3, 0.4) is 0 Å². The van der Waals surface area contributed by atoms with Gasteiger partial charge in [0.15, 0.2) is 0 Å². The molecule has 1 atom stereocenters. The predicted molar refractivity (Wildman–Crippen MR) is 75.4 cm³/mol. The summed E-state index contributed by atoms with van der Waals surface area (Å²) in [5.74, 6) is -0.998. The number of carboxylic acids is 1. The van der Waals surface area contributed by atoms with Gasteiger partial charge >= 0.3 is 12.0 Å². The Kier molecular flexibility index (Phi) is 5.82. The highest BCUT2D eigenvalue weighted by Crippen LogP contribution is 2.14. The molecule has 2 N–H and O–H groups in total. The molecule has 0 aliphatic carbocycles. The van der Waals surface area contributed by atoms with Gasteiger partial charge in [0.1, 0.15) is 6.54 Å². The Morgan fingerprint density at radius 3 is 2.63 bits per heavy atom. The van der Waals surface area contributed by atoms with Gasteiger partial charge in [0.05, 0.1) is 6.54 Å². The Hall–Kier alpha value is -1.56. The van der Waals surface area contributed by atoms with Crippen molar-refractivity contribution in [1.82, 2.24) is 10.2 Å². The van der Waals surface area contributed by atoms with Crippen molar-refractivity contribution >= 4 is 23.3 Å². The highest BCUT2D eigenvalue weighted by molar-refractivity contribution is 7.11. The quantitative estimate of drug-likeness (QED) is 0.843. The third-order valence-corrected chi connectivity index (χ3v) is 3.90. The van der Waals surface area contributed by atoms with Gasteiger partial charge in [-0.15, -0.1) is 11.3 Å². The summed E-state index contributed by atoms with van der Waals surface area (Å²) in [7, 11) is 0. The summed E-state index contributed by atoms with van der Waals surface area (Å²) < 4.78 is 0. The first-order valence-electron chi connectivity index (χ1n) is 6.25. The van der Waals surface area contributed by atoms with Gasteiger partial charge in [0, 0.05) is 15.8 Å². The SMILES string of the molecule is CCC(C)N(CC(=O)O)C(=O)NCc1ccc(C)s1. The topological polar surface area (TPSA) is 69.6 Å². The Morgan fingerprint density at radius 2 is 2.16 bits per heavy atom. The lowest BCUT2D eigenvalue weighted by atomic mass is 10.2. The molecule has 19 heavy (non-hydrogen) atoms. The van der Waals surface area contributed by atoms with Gasteiger partial charge in [-0.3, -0.25) is 4.79 Å². The molecule has 0 saturated carbocycles. The van der Waals surface area contributed by atoms with Gasteiger partial charge in [0.2, 0.25) is 0 Å². The van der Waals surface area contributed by atoms with Crippen molar-refractivity contribution in [3.8, 4) is 0 Å². The van der Waals surface area contributed by atoms with E-state index < -0.39 is 5.97 Å². The van der Waals surface area contributed by atoms with E-state index in [1.165, 1.54) is 9.78 Å². The van der Waals surface area contributed by atoms with Crippen molar-refractivity contribution in [3.63, 3.8) is 0 Å². The Labute approximate surface area is 117 Å². The van der Waals surface area contributed by atoms with Crippen LogP contribution in [0.5, 0.6) is 0 Å². The second-order valence-electron chi connectivity index (χ2n) is 4.45. The van der Waals surface area contributed by atoms with Crippen LogP contribution < -0.4 is 5.32 Å². The number of hydrogen-bond acceptors (Lipinski definition) is 3. The van der Waals surface area contributed by atoms with Crippen LogP contribution in [0.2, 0.25) is 0 Å². The van der Waals surface area contributed by atoms with Crippen molar-refractivity contribution in [2.75, 3.05) is 6.54 Å². The summed E-state index contributed by atoms with van der Waals surface area (Å²) in [5, 5.41) is 11.6. The first kappa shape index (κ1) is 15.5. The number of aliphatic carboxylic acids is 1. The molecule has 2 amide bonds. The lowest BCUT2D eigenvalue weighted by Crippen LogP contribution is -2.47. The smallest absolute Gasteiger partial charge is 0.323 e. The van der Waals surface area contributed by atoms with E-state index in [0.29, 0.717) is 6.54 Å². The van der Waals surface area contributed by atoms with Crippen LogP contribution in [-0.4, -0.2) is 34.6 Å². The third-order valence-electron chi connectivity index (χ3n) is 2.90. The monoisotopic (exact) mass is 284 g/mol. The van der Waals surface area contributed by atoms with Gasteiger partial charge < -0.3 is 15.3 Å². The summed E-state index contributed by atoms with van der Waals surface area (Å²) in [6, 6.07) is 3.53. The molecule has 0 bridgehead atoms. The molecule has 1 aromatic heterocycles. The Bertz CT molecular complexity index is 445. The highest BCUT2D eigenvalue weighted by Gasteiger charge is 2.21. The zero-order valence-electron chi connectivity index (χ0n) is 11.5. The van der Waals surface area contributed by atoms with E-state index in [9.17, 15) is 9.59 Å². The summed E-state index contributed by atoms with van der Waals surface area (Å²) in [6.45, 7) is 5.94. The molecule has 6 heteroatoms. The standard InChI is InChI=1S/C13H20N2O3S/c1-4-9(2)15(8-12(16)17)13(18)14-7-11-6-5-10(3)19-11/h5-6,9H,4,7-8H2,1-3H3,(H,14,18)(H,16,17). The first-order valence-corrected chi connectivity index (χ1v) is 7.07. The Morgan fingerprint density at radius 1 is 1.47 bits per heavy atom. The van der Waals surface area contributed by atoms with Crippen LogP contribution in [-0.2, 0) is 11.3 Å². The second-order valence-corrected chi connectivity index (χ2v) is 5.82. The fraction of sp³-hybridized carbons (Fsp3) is 0.538. The van der Waals surface area contributed by atoms with Crippen LogP contribution in [0, 0.1) is 6.92 Å². The van der Waals surface area contributed by atoms with Crippen molar-refractivity contribution in [3.05, 3.63) is 21.9 Å². The number of carboxylic acid groups (broad SMARTS) is 1. The van der Waals surface area contributed by atoms with E-state index in [-0.39, 0.29) is 18.6 Å². The molecule has 0 radical (unpaired) electrons. The molecule has 0 aliphatic heterocycles. The van der Waals surface area contributed by atoms with E-state index in [1.54, 1.807) is 11.3 Å². The molecule has 1 aromatic rings. The number of urea groups is 1. The van der Waals surface area contributed by atoms with E-state index in [1.807, 2.05) is 32.9 Å². The fourth-order valence-electron chi connectivity index (χ4n) is 1.64. The van der Waals surface area contributed by atoms with Crippen molar-refractivity contribution in [2.45, 2.75) is 39.8 Å². The molecule has 0 saturated heterocycles. The number of rotatable bonds is 6. The fourth-order valence-corrected chi connectivity index (χ4v) is 2.47. The second kappa shape index (κ2) is 7.13. The van der Waals surface area contributed by atoms with Crippen LogP contribution >= 0.6 is 11.3 Å². The molecule has 1 heterocycles. The molecule has 5 nitrogen and oxygen atoms in total. The maximum Gasteiger partial charge on any atom is 0.323 e. The van der Waals surface area contributed by atoms with Gasteiger partial charge in [-0.2, -0.15) is 0 Å². The van der Waals surface area contributed by atoms with Crippen LogP contribution in [0.1, 0.15) is 30.0 Å². The molecule has 1 rings (SSSR count). The van der Waals surface area contributed by atoms with Gasteiger partial charge in [0.25, 0.3) is 0 Å². The van der Waals surface area contributed by atoms with Crippen LogP contribution in [0.4, 0.5) is 4.79 Å². The molecule has 0 aromatic carbocycles. The average molecular weight is 284 g/mol. The number of carbonyl (C=O) groups is 2. The van der Waals surface area contributed by atoms with Crippen LogP contribution in [0.25, 0.3) is 0 Å². The normalized spacial score (nSPS) is 11.9. The molecule has 1 unspecified atom stereocenters. The number of nitrogens with zero attached hydrogens (tertiary/aromatic N) is 1. The summed E-state index contributed by atoms with van der Waals surface area (Å²) in [5.41, 5.74) is 0. The molecule has 0 spiro atoms. The molecular weight excluding hydrogens is 264 g/mol. The zero-order chi connectivity index (χ0) is 14.4. The number of nitrogens with one attached hydrogen (secondary N) is 1. The maximum absolute atomic E-state index is 12.0. The number of thiophene rings is 1. The number of aryl methyl sites for hydroxylation is 1. The predicted octanol–water partition coefficient (Wildman–Crippen LogP) is 2.45. The van der Waals surface area contributed by atoms with E-state index in [4.69, 9.17) is 5.11 Å². The molecule has 106 valence electrons. The number of amides is 2. The molecule has 0 fully saturated rings. The first-order chi connectivity index (χ1) is 8.93. The summed E-state index contributed by atoms with van der Waals surface area (Å²) >= 11 is 1.62. The summed E-state index contributed by atoms with van der Waals surface area (Å²) in [4.78, 5) is 26.4. The minimum absolute atomic E-state index is 0.0961. The van der Waals surface area contributed by atoms with E-state index in [2.05, 4.69) is 5.32 Å². The number of carbonyl (C=O) groups excluding carboxylic acids is 1. The number of hydrogen-bond donors (Lipinski definition) is 2. The minimum Gasteiger partial charge on any atom is -0.480 e. The highest BCUT2D eigenvalue weighted by atomic mass is 32.1. The van der Waals surface area contributed by atoms with E-state index in [0.717, 1.165) is 11.3 Å². The lowest BCUT2D eigenvalue weighted by Gasteiger charge is -2.26. The maximum atomic E-state index is 12.0. The van der Waals surface area contributed by atoms with Gasteiger partial charge in [-0.1, -0.05) is 6.92 Å². The largest absolute Gasteiger partial charge is 0.480 e. The summed E-state index contributed by atoms with van der Waals surface area (Å²) in [6.07, 6.45) is 0.721.